The van der Waals surface area contributed by atoms with E-state index in [4.69, 9.17) is 9.47 Å². The summed E-state index contributed by atoms with van der Waals surface area (Å²) in [6.45, 7) is 3.49. The van der Waals surface area contributed by atoms with Gasteiger partial charge < -0.3 is 19.8 Å². The quantitative estimate of drug-likeness (QED) is 0.891. The van der Waals surface area contributed by atoms with Gasteiger partial charge in [0.05, 0.1) is 0 Å². The van der Waals surface area contributed by atoms with Crippen LogP contribution in [0, 0.1) is 0 Å². The number of fused-ring (bicyclic) bond motifs is 1. The van der Waals surface area contributed by atoms with Crippen molar-refractivity contribution >= 4 is 0 Å². The Morgan fingerprint density at radius 1 is 0.905 bits per heavy atom. The molecule has 0 atom stereocenters. The van der Waals surface area contributed by atoms with Crippen molar-refractivity contribution in [2.75, 3.05) is 26.3 Å². The van der Waals surface area contributed by atoms with E-state index in [0.29, 0.717) is 19.1 Å². The van der Waals surface area contributed by atoms with E-state index in [9.17, 15) is 0 Å². The van der Waals surface area contributed by atoms with Gasteiger partial charge in [0.15, 0.2) is 11.5 Å². The summed E-state index contributed by atoms with van der Waals surface area (Å²) in [6.07, 6.45) is 2.42. The van der Waals surface area contributed by atoms with Gasteiger partial charge in [0, 0.05) is 22.9 Å². The molecule has 0 radical (unpaired) electrons. The molecule has 0 unspecified atom stereocenters. The van der Waals surface area contributed by atoms with Crippen molar-refractivity contribution in [1.29, 1.82) is 0 Å². The standard InChI is InChI=1S/C17H20N2O2/c1-4-16-17(21-10-9-20-16)11-13(1)15-3-2-14(19-15)12-5-7-18-8-6-12/h1-4,11-12,18-19H,5-10H2. The summed E-state index contributed by atoms with van der Waals surface area (Å²) in [6, 6.07) is 10.5. The minimum absolute atomic E-state index is 0.626. The fourth-order valence-corrected chi connectivity index (χ4v) is 3.16. The monoisotopic (exact) mass is 284 g/mol. The fraction of sp³-hybridized carbons (Fsp3) is 0.412. The number of aromatic amines is 1. The van der Waals surface area contributed by atoms with Gasteiger partial charge in [-0.05, 0) is 56.3 Å². The molecule has 0 saturated carbocycles. The topological polar surface area (TPSA) is 46.3 Å². The van der Waals surface area contributed by atoms with Crippen LogP contribution in [0.4, 0.5) is 0 Å². The number of hydrogen-bond donors (Lipinski definition) is 2. The van der Waals surface area contributed by atoms with E-state index < -0.39 is 0 Å². The van der Waals surface area contributed by atoms with Gasteiger partial charge in [-0.15, -0.1) is 0 Å². The third-order valence-corrected chi connectivity index (χ3v) is 4.34. The molecule has 0 spiro atoms. The zero-order chi connectivity index (χ0) is 14.1. The lowest BCUT2D eigenvalue weighted by atomic mass is 9.95. The van der Waals surface area contributed by atoms with E-state index in [0.717, 1.165) is 35.8 Å². The van der Waals surface area contributed by atoms with Crippen LogP contribution in [0.15, 0.2) is 30.3 Å². The summed E-state index contributed by atoms with van der Waals surface area (Å²) in [5.74, 6) is 2.34. The highest BCUT2D eigenvalue weighted by molar-refractivity contribution is 5.65. The number of benzene rings is 1. The Kier molecular flexibility index (Phi) is 3.31. The maximum atomic E-state index is 5.66. The number of ether oxygens (including phenoxy) is 2. The fourth-order valence-electron chi connectivity index (χ4n) is 3.16. The van der Waals surface area contributed by atoms with E-state index in [2.05, 4.69) is 34.6 Å². The Hall–Kier alpha value is -1.94. The molecule has 2 N–H and O–H groups in total. The molecule has 4 nitrogen and oxygen atoms in total. The van der Waals surface area contributed by atoms with Gasteiger partial charge in [-0.2, -0.15) is 0 Å². The highest BCUT2D eigenvalue weighted by Gasteiger charge is 2.18. The molecule has 21 heavy (non-hydrogen) atoms. The molecule has 2 aromatic rings. The van der Waals surface area contributed by atoms with Crippen LogP contribution in [0.3, 0.4) is 0 Å². The summed E-state index contributed by atoms with van der Waals surface area (Å²) in [5, 5.41) is 3.41. The van der Waals surface area contributed by atoms with Crippen LogP contribution in [-0.4, -0.2) is 31.3 Å². The van der Waals surface area contributed by atoms with Gasteiger partial charge in [-0.1, -0.05) is 0 Å². The first-order valence-corrected chi connectivity index (χ1v) is 7.70. The molecule has 110 valence electrons. The van der Waals surface area contributed by atoms with Gasteiger partial charge in [-0.3, -0.25) is 0 Å². The Morgan fingerprint density at radius 3 is 2.57 bits per heavy atom. The minimum Gasteiger partial charge on any atom is -0.486 e. The first-order valence-electron chi connectivity index (χ1n) is 7.70. The molecule has 4 heteroatoms. The largest absolute Gasteiger partial charge is 0.486 e. The van der Waals surface area contributed by atoms with E-state index in [-0.39, 0.29) is 0 Å². The summed E-state index contributed by atoms with van der Waals surface area (Å²) in [7, 11) is 0. The molecule has 1 saturated heterocycles. The second-order valence-corrected chi connectivity index (χ2v) is 5.71. The lowest BCUT2D eigenvalue weighted by Gasteiger charge is -2.21. The van der Waals surface area contributed by atoms with Crippen molar-refractivity contribution in [3.63, 3.8) is 0 Å². The average Bonchev–Trinajstić information content (AvgIpc) is 3.05. The van der Waals surface area contributed by atoms with Crippen LogP contribution in [0.2, 0.25) is 0 Å². The number of hydrogen-bond acceptors (Lipinski definition) is 3. The number of nitrogens with one attached hydrogen (secondary N) is 2. The third kappa shape index (κ3) is 2.51. The Bertz CT molecular complexity index is 629. The van der Waals surface area contributed by atoms with Crippen molar-refractivity contribution in [3.05, 3.63) is 36.0 Å². The predicted octanol–water partition coefficient (Wildman–Crippen LogP) is 2.92. The van der Waals surface area contributed by atoms with Crippen LogP contribution in [0.5, 0.6) is 11.5 Å². The molecule has 0 amide bonds. The normalized spacial score (nSPS) is 18.7. The Morgan fingerprint density at radius 2 is 1.71 bits per heavy atom. The Labute approximate surface area is 124 Å². The molecular weight excluding hydrogens is 264 g/mol. The zero-order valence-corrected chi connectivity index (χ0v) is 12.0. The molecule has 0 bridgehead atoms. The SMILES string of the molecule is c1cc2c(cc1-c1ccc(C3CCNCC3)[nH]1)OCCO2. The molecule has 2 aliphatic rings. The van der Waals surface area contributed by atoms with Crippen molar-refractivity contribution in [3.8, 4) is 22.8 Å². The predicted molar refractivity (Wildman–Crippen MR) is 82.1 cm³/mol. The van der Waals surface area contributed by atoms with Gasteiger partial charge in [0.25, 0.3) is 0 Å². The molecular formula is C17H20N2O2. The number of H-pyrrole nitrogens is 1. The first-order chi connectivity index (χ1) is 10.4. The van der Waals surface area contributed by atoms with Crippen molar-refractivity contribution in [2.45, 2.75) is 18.8 Å². The van der Waals surface area contributed by atoms with Crippen LogP contribution < -0.4 is 14.8 Å². The summed E-state index contributed by atoms with van der Waals surface area (Å²) >= 11 is 0. The highest BCUT2D eigenvalue weighted by Crippen LogP contribution is 2.35. The van der Waals surface area contributed by atoms with Gasteiger partial charge in [0.1, 0.15) is 13.2 Å². The second-order valence-electron chi connectivity index (χ2n) is 5.71. The lowest BCUT2D eigenvalue weighted by molar-refractivity contribution is 0.171. The van der Waals surface area contributed by atoms with Gasteiger partial charge >= 0.3 is 0 Å². The Balaban J connectivity index is 1.60. The molecule has 1 fully saturated rings. The van der Waals surface area contributed by atoms with Crippen LogP contribution in [0.25, 0.3) is 11.3 Å². The summed E-state index contributed by atoms with van der Waals surface area (Å²) in [5.41, 5.74) is 3.65. The molecule has 4 rings (SSSR count). The number of piperidine rings is 1. The van der Waals surface area contributed by atoms with E-state index in [1.165, 1.54) is 18.5 Å². The number of aromatic nitrogens is 1. The van der Waals surface area contributed by atoms with Crippen molar-refractivity contribution in [1.82, 2.24) is 10.3 Å². The maximum absolute atomic E-state index is 5.66. The van der Waals surface area contributed by atoms with Crippen molar-refractivity contribution < 1.29 is 9.47 Å². The third-order valence-electron chi connectivity index (χ3n) is 4.34. The van der Waals surface area contributed by atoms with E-state index >= 15 is 0 Å². The molecule has 1 aromatic carbocycles. The first kappa shape index (κ1) is 12.8. The number of rotatable bonds is 2. The highest BCUT2D eigenvalue weighted by atomic mass is 16.6. The minimum atomic E-state index is 0.626. The van der Waals surface area contributed by atoms with Crippen molar-refractivity contribution in [2.24, 2.45) is 0 Å². The van der Waals surface area contributed by atoms with Crippen LogP contribution in [-0.2, 0) is 0 Å². The van der Waals surface area contributed by atoms with Crippen LogP contribution in [0.1, 0.15) is 24.5 Å². The van der Waals surface area contributed by atoms with Gasteiger partial charge in [0.2, 0.25) is 0 Å². The molecule has 3 heterocycles. The van der Waals surface area contributed by atoms with E-state index in [1.54, 1.807) is 0 Å². The molecule has 2 aliphatic heterocycles. The lowest BCUT2D eigenvalue weighted by Crippen LogP contribution is -2.26. The summed E-state index contributed by atoms with van der Waals surface area (Å²) < 4.78 is 11.2. The van der Waals surface area contributed by atoms with E-state index in [1.807, 2.05) is 6.07 Å². The second kappa shape index (κ2) is 5.45. The van der Waals surface area contributed by atoms with Gasteiger partial charge in [-0.25, -0.2) is 0 Å². The average molecular weight is 284 g/mol. The van der Waals surface area contributed by atoms with Crippen LogP contribution >= 0.6 is 0 Å². The maximum Gasteiger partial charge on any atom is 0.162 e. The smallest absolute Gasteiger partial charge is 0.162 e. The summed E-state index contributed by atoms with van der Waals surface area (Å²) in [4.78, 5) is 3.58. The molecule has 0 aliphatic carbocycles. The molecule has 1 aromatic heterocycles. The zero-order valence-electron chi connectivity index (χ0n) is 12.0.